The molecule has 0 unspecified atom stereocenters. The Balaban J connectivity index is 1.85. The lowest BCUT2D eigenvalue weighted by Gasteiger charge is -2.18. The standard InChI is InChI=1S/C20H22FN3O4S/c1-29-12-11-16(22-19(26)14-7-3-2-4-8-14)20(27)24-23-18(25)13-28-17-10-6-5-9-15(17)21/h2-10,16H,11-13H2,1H3,(H,22,26)(H,23,25)(H,24,27)/t16-/m0/s1. The average molecular weight is 419 g/mol. The minimum absolute atomic E-state index is 0.0676. The number of carbonyl (C=O) groups is 3. The third-order valence-corrected chi connectivity index (χ3v) is 4.43. The van der Waals surface area contributed by atoms with Crippen molar-refractivity contribution in [1.82, 2.24) is 16.2 Å². The predicted octanol–water partition coefficient (Wildman–Crippen LogP) is 1.90. The fourth-order valence-electron chi connectivity index (χ4n) is 2.30. The third-order valence-electron chi connectivity index (χ3n) is 3.79. The minimum Gasteiger partial charge on any atom is -0.481 e. The van der Waals surface area contributed by atoms with E-state index in [4.69, 9.17) is 4.74 Å². The van der Waals surface area contributed by atoms with Crippen LogP contribution in [0, 0.1) is 5.82 Å². The van der Waals surface area contributed by atoms with Crippen LogP contribution in [0.4, 0.5) is 4.39 Å². The van der Waals surface area contributed by atoms with E-state index in [0.717, 1.165) is 0 Å². The molecule has 2 rings (SSSR count). The van der Waals surface area contributed by atoms with Gasteiger partial charge in [-0.15, -0.1) is 0 Å². The molecule has 7 nitrogen and oxygen atoms in total. The molecule has 0 radical (unpaired) electrons. The second kappa shape index (κ2) is 11.7. The maximum absolute atomic E-state index is 13.5. The number of carbonyl (C=O) groups excluding carboxylic acids is 3. The molecule has 0 fully saturated rings. The number of hydrazine groups is 1. The van der Waals surface area contributed by atoms with Crippen molar-refractivity contribution in [3.05, 3.63) is 66.0 Å². The summed E-state index contributed by atoms with van der Waals surface area (Å²) in [5.74, 6) is -1.65. The Morgan fingerprint density at radius 2 is 1.72 bits per heavy atom. The molecule has 0 aliphatic rings. The number of ether oxygens (including phenoxy) is 1. The molecule has 9 heteroatoms. The first kappa shape index (κ1) is 22.2. The summed E-state index contributed by atoms with van der Waals surface area (Å²) < 4.78 is 18.5. The Hall–Kier alpha value is -3.07. The van der Waals surface area contributed by atoms with Crippen molar-refractivity contribution < 1.29 is 23.5 Å². The van der Waals surface area contributed by atoms with Crippen LogP contribution < -0.4 is 20.9 Å². The lowest BCUT2D eigenvalue weighted by atomic mass is 10.1. The predicted molar refractivity (Wildman–Crippen MR) is 109 cm³/mol. The normalized spacial score (nSPS) is 11.2. The van der Waals surface area contributed by atoms with Crippen LogP contribution in [0.25, 0.3) is 0 Å². The fraction of sp³-hybridized carbons (Fsp3) is 0.250. The van der Waals surface area contributed by atoms with Crippen molar-refractivity contribution in [1.29, 1.82) is 0 Å². The zero-order valence-electron chi connectivity index (χ0n) is 15.8. The largest absolute Gasteiger partial charge is 0.481 e. The first-order valence-electron chi connectivity index (χ1n) is 8.82. The molecule has 29 heavy (non-hydrogen) atoms. The number of rotatable bonds is 9. The topological polar surface area (TPSA) is 96.5 Å². The maximum Gasteiger partial charge on any atom is 0.276 e. The summed E-state index contributed by atoms with van der Waals surface area (Å²) >= 11 is 1.53. The molecule has 0 aromatic heterocycles. The van der Waals surface area contributed by atoms with Gasteiger partial charge < -0.3 is 10.1 Å². The SMILES string of the molecule is CSCC[C@H](NC(=O)c1ccccc1)C(=O)NNC(=O)COc1ccccc1F. The quantitative estimate of drug-likeness (QED) is 0.540. The summed E-state index contributed by atoms with van der Waals surface area (Å²) in [5, 5.41) is 2.66. The molecule has 0 saturated carbocycles. The van der Waals surface area contributed by atoms with E-state index in [-0.39, 0.29) is 11.7 Å². The van der Waals surface area contributed by atoms with Gasteiger partial charge in [-0.1, -0.05) is 30.3 Å². The highest BCUT2D eigenvalue weighted by molar-refractivity contribution is 7.98. The summed E-state index contributed by atoms with van der Waals surface area (Å²) in [5.41, 5.74) is 4.89. The van der Waals surface area contributed by atoms with Crippen LogP contribution in [0.3, 0.4) is 0 Å². The van der Waals surface area contributed by atoms with Gasteiger partial charge in [-0.25, -0.2) is 4.39 Å². The van der Waals surface area contributed by atoms with Crippen molar-refractivity contribution in [3.63, 3.8) is 0 Å². The maximum atomic E-state index is 13.5. The number of para-hydroxylation sites is 1. The van der Waals surface area contributed by atoms with Gasteiger partial charge in [0.2, 0.25) is 0 Å². The second-order valence-electron chi connectivity index (χ2n) is 5.93. The van der Waals surface area contributed by atoms with Crippen LogP contribution in [0.2, 0.25) is 0 Å². The molecule has 1 atom stereocenters. The summed E-state index contributed by atoms with van der Waals surface area (Å²) in [6.45, 7) is -0.479. The molecule has 0 saturated heterocycles. The van der Waals surface area contributed by atoms with Crippen molar-refractivity contribution in [2.24, 2.45) is 0 Å². The van der Waals surface area contributed by atoms with Gasteiger partial charge in [0, 0.05) is 5.56 Å². The van der Waals surface area contributed by atoms with Gasteiger partial charge in [-0.2, -0.15) is 11.8 Å². The number of thioether (sulfide) groups is 1. The Morgan fingerprint density at radius 1 is 1.03 bits per heavy atom. The zero-order valence-corrected chi connectivity index (χ0v) is 16.6. The number of nitrogens with one attached hydrogen (secondary N) is 3. The fourth-order valence-corrected chi connectivity index (χ4v) is 2.77. The molecule has 0 bridgehead atoms. The van der Waals surface area contributed by atoms with E-state index in [1.54, 1.807) is 36.4 Å². The molecule has 0 aliphatic heterocycles. The van der Waals surface area contributed by atoms with Gasteiger partial charge in [-0.3, -0.25) is 25.2 Å². The summed E-state index contributed by atoms with van der Waals surface area (Å²) in [6, 6.07) is 13.4. The van der Waals surface area contributed by atoms with Crippen LogP contribution in [0.1, 0.15) is 16.8 Å². The Bertz CT molecular complexity index is 835. The molecule has 3 amide bonds. The lowest BCUT2D eigenvalue weighted by molar-refractivity contribution is -0.130. The molecule has 0 aliphatic carbocycles. The van der Waals surface area contributed by atoms with E-state index in [9.17, 15) is 18.8 Å². The van der Waals surface area contributed by atoms with Crippen LogP contribution in [0.5, 0.6) is 5.75 Å². The van der Waals surface area contributed by atoms with Crippen LogP contribution in [0.15, 0.2) is 54.6 Å². The second-order valence-corrected chi connectivity index (χ2v) is 6.92. The number of hydrogen-bond donors (Lipinski definition) is 3. The van der Waals surface area contributed by atoms with Gasteiger partial charge >= 0.3 is 0 Å². The summed E-state index contributed by atoms with van der Waals surface area (Å²) in [4.78, 5) is 36.6. The number of benzene rings is 2. The minimum atomic E-state index is -0.831. The Kier molecular flexibility index (Phi) is 8.97. The molecular weight excluding hydrogens is 397 g/mol. The first-order valence-corrected chi connectivity index (χ1v) is 10.2. The Labute approximate surface area is 172 Å². The smallest absolute Gasteiger partial charge is 0.276 e. The first-order chi connectivity index (χ1) is 14.0. The van der Waals surface area contributed by atoms with Gasteiger partial charge in [0.25, 0.3) is 17.7 Å². The summed E-state index contributed by atoms with van der Waals surface area (Å²) in [7, 11) is 0. The van der Waals surface area contributed by atoms with Crippen molar-refractivity contribution >= 4 is 29.5 Å². The monoisotopic (exact) mass is 419 g/mol. The molecule has 3 N–H and O–H groups in total. The third kappa shape index (κ3) is 7.46. The van der Waals surface area contributed by atoms with Crippen LogP contribution in [-0.4, -0.2) is 42.4 Å². The number of hydrogen-bond acceptors (Lipinski definition) is 5. The summed E-state index contributed by atoms with van der Waals surface area (Å²) in [6.07, 6.45) is 2.27. The average Bonchev–Trinajstić information content (AvgIpc) is 2.74. The highest BCUT2D eigenvalue weighted by Crippen LogP contribution is 2.14. The number of amides is 3. The number of halogens is 1. The molecule has 2 aromatic rings. The van der Waals surface area contributed by atoms with Crippen molar-refractivity contribution in [2.45, 2.75) is 12.5 Å². The van der Waals surface area contributed by atoms with Crippen LogP contribution >= 0.6 is 11.8 Å². The van der Waals surface area contributed by atoms with Gasteiger partial charge in [0.05, 0.1) is 0 Å². The van der Waals surface area contributed by atoms with E-state index in [1.165, 1.54) is 30.0 Å². The van der Waals surface area contributed by atoms with Crippen LogP contribution in [-0.2, 0) is 9.59 Å². The van der Waals surface area contributed by atoms with Gasteiger partial charge in [-0.05, 0) is 42.7 Å². The van der Waals surface area contributed by atoms with E-state index in [2.05, 4.69) is 16.2 Å². The lowest BCUT2D eigenvalue weighted by Crippen LogP contribution is -2.53. The van der Waals surface area contributed by atoms with E-state index in [1.807, 2.05) is 6.26 Å². The van der Waals surface area contributed by atoms with Gasteiger partial charge in [0.15, 0.2) is 18.2 Å². The zero-order chi connectivity index (χ0) is 21.1. The molecular formula is C20H22FN3O4S. The highest BCUT2D eigenvalue weighted by atomic mass is 32.2. The van der Waals surface area contributed by atoms with E-state index in [0.29, 0.717) is 17.7 Å². The Morgan fingerprint density at radius 3 is 2.41 bits per heavy atom. The molecule has 0 spiro atoms. The molecule has 154 valence electrons. The molecule has 2 aromatic carbocycles. The van der Waals surface area contributed by atoms with Crippen molar-refractivity contribution in [2.75, 3.05) is 18.6 Å². The highest BCUT2D eigenvalue weighted by Gasteiger charge is 2.21. The van der Waals surface area contributed by atoms with E-state index >= 15 is 0 Å². The van der Waals surface area contributed by atoms with Gasteiger partial charge in [0.1, 0.15) is 6.04 Å². The van der Waals surface area contributed by atoms with Crippen molar-refractivity contribution in [3.8, 4) is 5.75 Å². The van der Waals surface area contributed by atoms with E-state index < -0.39 is 30.3 Å². The molecule has 0 heterocycles.